The van der Waals surface area contributed by atoms with Crippen molar-refractivity contribution in [1.82, 2.24) is 9.97 Å². The maximum absolute atomic E-state index is 12.5. The first-order chi connectivity index (χ1) is 12.2. The summed E-state index contributed by atoms with van der Waals surface area (Å²) in [7, 11) is 0. The number of ketones is 1. The Morgan fingerprint density at radius 2 is 1.88 bits per heavy atom. The van der Waals surface area contributed by atoms with Gasteiger partial charge in [0, 0.05) is 22.9 Å². The summed E-state index contributed by atoms with van der Waals surface area (Å²) in [5.41, 5.74) is 4.82. The number of nitrogens with zero attached hydrogens (tertiary/aromatic N) is 2. The van der Waals surface area contributed by atoms with Crippen molar-refractivity contribution in [3.8, 4) is 11.3 Å². The molecule has 0 bridgehead atoms. The van der Waals surface area contributed by atoms with Crippen LogP contribution in [0.15, 0.2) is 66.3 Å². The van der Waals surface area contributed by atoms with Crippen LogP contribution in [0.25, 0.3) is 21.5 Å². The molecule has 0 spiro atoms. The highest BCUT2D eigenvalue weighted by atomic mass is 32.1. The highest BCUT2D eigenvalue weighted by molar-refractivity contribution is 7.16. The van der Waals surface area contributed by atoms with Gasteiger partial charge in [-0.25, -0.2) is 9.97 Å². The average Bonchev–Trinajstić information content (AvgIpc) is 3.11. The van der Waals surface area contributed by atoms with Crippen molar-refractivity contribution in [2.75, 3.05) is 0 Å². The summed E-state index contributed by atoms with van der Waals surface area (Å²) in [6.45, 7) is 2.02. The average molecular weight is 344 g/mol. The predicted molar refractivity (Wildman–Crippen MR) is 102 cm³/mol. The van der Waals surface area contributed by atoms with Crippen molar-refractivity contribution in [3.05, 3.63) is 83.0 Å². The minimum Gasteiger partial charge on any atom is -0.294 e. The van der Waals surface area contributed by atoms with E-state index < -0.39 is 0 Å². The normalized spacial score (nSPS) is 10.9. The third-order valence-corrected chi connectivity index (χ3v) is 5.02. The number of thiophene rings is 1. The van der Waals surface area contributed by atoms with E-state index in [9.17, 15) is 4.79 Å². The molecule has 2 heterocycles. The molecule has 0 aliphatic carbocycles. The highest BCUT2D eigenvalue weighted by Crippen LogP contribution is 2.28. The standard InChI is InChI=1S/C21H16N2OS/c1-14-5-7-16(8-6-14)19(24)12-15-3-2-4-17(11-15)20-18-9-10-25-21(18)23-13-22-20/h2-11,13H,12H2,1H3. The lowest BCUT2D eigenvalue weighted by atomic mass is 9.99. The molecular formula is C21H16N2OS. The predicted octanol–water partition coefficient (Wildman–Crippen LogP) is 5.09. The van der Waals surface area contributed by atoms with Crippen LogP contribution in [0.5, 0.6) is 0 Å². The molecular weight excluding hydrogens is 328 g/mol. The molecule has 0 aliphatic rings. The van der Waals surface area contributed by atoms with Gasteiger partial charge >= 0.3 is 0 Å². The first-order valence-electron chi connectivity index (χ1n) is 8.08. The Morgan fingerprint density at radius 1 is 1.04 bits per heavy atom. The molecule has 0 saturated heterocycles. The van der Waals surface area contributed by atoms with Gasteiger partial charge in [0.15, 0.2) is 5.78 Å². The second-order valence-electron chi connectivity index (χ2n) is 6.03. The van der Waals surface area contributed by atoms with Crippen molar-refractivity contribution in [3.63, 3.8) is 0 Å². The second-order valence-corrected chi connectivity index (χ2v) is 6.92. The smallest absolute Gasteiger partial charge is 0.167 e. The van der Waals surface area contributed by atoms with Gasteiger partial charge < -0.3 is 0 Å². The summed E-state index contributed by atoms with van der Waals surface area (Å²) in [6, 6.07) is 17.8. The van der Waals surface area contributed by atoms with Gasteiger partial charge in [0.2, 0.25) is 0 Å². The number of Topliss-reactive ketones (excluding diaryl/α,β-unsaturated/α-hetero) is 1. The van der Waals surface area contributed by atoms with Crippen LogP contribution in [-0.4, -0.2) is 15.8 Å². The molecule has 2 aromatic carbocycles. The van der Waals surface area contributed by atoms with E-state index in [1.807, 2.05) is 66.9 Å². The Labute approximate surface area is 150 Å². The zero-order chi connectivity index (χ0) is 17.2. The van der Waals surface area contributed by atoms with Crippen molar-refractivity contribution in [1.29, 1.82) is 0 Å². The van der Waals surface area contributed by atoms with Crippen LogP contribution in [-0.2, 0) is 6.42 Å². The lowest BCUT2D eigenvalue weighted by Crippen LogP contribution is -2.03. The van der Waals surface area contributed by atoms with Crippen LogP contribution in [0.3, 0.4) is 0 Å². The number of aromatic nitrogens is 2. The zero-order valence-electron chi connectivity index (χ0n) is 13.8. The quantitative estimate of drug-likeness (QED) is 0.484. The van der Waals surface area contributed by atoms with Gasteiger partial charge in [-0.15, -0.1) is 11.3 Å². The van der Waals surface area contributed by atoms with E-state index >= 15 is 0 Å². The summed E-state index contributed by atoms with van der Waals surface area (Å²) in [5, 5.41) is 3.07. The van der Waals surface area contributed by atoms with E-state index in [1.54, 1.807) is 17.7 Å². The largest absolute Gasteiger partial charge is 0.294 e. The molecule has 2 aromatic heterocycles. The highest BCUT2D eigenvalue weighted by Gasteiger charge is 2.10. The van der Waals surface area contributed by atoms with Gasteiger partial charge in [-0.3, -0.25) is 4.79 Å². The number of benzene rings is 2. The number of hydrogen-bond donors (Lipinski definition) is 0. The van der Waals surface area contributed by atoms with Crippen molar-refractivity contribution in [2.24, 2.45) is 0 Å². The monoisotopic (exact) mass is 344 g/mol. The number of hydrogen-bond acceptors (Lipinski definition) is 4. The summed E-state index contributed by atoms with van der Waals surface area (Å²) in [6.07, 6.45) is 1.98. The number of fused-ring (bicyclic) bond motifs is 1. The molecule has 0 aliphatic heterocycles. The summed E-state index contributed by atoms with van der Waals surface area (Å²) >= 11 is 1.60. The molecule has 0 unspecified atom stereocenters. The third-order valence-electron chi connectivity index (χ3n) is 4.20. The van der Waals surface area contributed by atoms with Gasteiger partial charge in [-0.1, -0.05) is 48.0 Å². The molecule has 0 fully saturated rings. The van der Waals surface area contributed by atoms with E-state index in [0.717, 1.165) is 38.2 Å². The maximum Gasteiger partial charge on any atom is 0.167 e. The van der Waals surface area contributed by atoms with Gasteiger partial charge in [-0.05, 0) is 30.0 Å². The first kappa shape index (κ1) is 15.7. The number of carbonyl (C=O) groups excluding carboxylic acids is 1. The second kappa shape index (κ2) is 6.57. The van der Waals surface area contributed by atoms with Crippen LogP contribution >= 0.6 is 11.3 Å². The third kappa shape index (κ3) is 3.21. The Hall–Kier alpha value is -2.85. The van der Waals surface area contributed by atoms with Crippen molar-refractivity contribution >= 4 is 27.3 Å². The fraction of sp³-hybridized carbons (Fsp3) is 0.0952. The topological polar surface area (TPSA) is 42.9 Å². The molecule has 0 N–H and O–H groups in total. The van der Waals surface area contributed by atoms with E-state index in [0.29, 0.717) is 6.42 Å². The van der Waals surface area contributed by atoms with Crippen LogP contribution in [0.4, 0.5) is 0 Å². The van der Waals surface area contributed by atoms with Crippen molar-refractivity contribution in [2.45, 2.75) is 13.3 Å². The number of aryl methyl sites for hydroxylation is 1. The Morgan fingerprint density at radius 3 is 2.72 bits per heavy atom. The molecule has 0 atom stereocenters. The number of rotatable bonds is 4. The molecule has 0 saturated carbocycles. The molecule has 4 rings (SSSR count). The lowest BCUT2D eigenvalue weighted by molar-refractivity contribution is 0.0993. The summed E-state index contributed by atoms with van der Waals surface area (Å²) in [4.78, 5) is 22.2. The van der Waals surface area contributed by atoms with Gasteiger partial charge in [0.05, 0.1) is 5.69 Å². The van der Waals surface area contributed by atoms with Gasteiger partial charge in [-0.2, -0.15) is 0 Å². The van der Waals surface area contributed by atoms with Crippen LogP contribution in [0, 0.1) is 6.92 Å². The minimum absolute atomic E-state index is 0.125. The van der Waals surface area contributed by atoms with E-state index in [1.165, 1.54) is 0 Å². The molecule has 4 aromatic rings. The Balaban J connectivity index is 1.64. The number of carbonyl (C=O) groups is 1. The Kier molecular flexibility index (Phi) is 4.12. The molecule has 0 amide bonds. The fourth-order valence-electron chi connectivity index (χ4n) is 2.88. The lowest BCUT2D eigenvalue weighted by Gasteiger charge is -2.06. The van der Waals surface area contributed by atoms with Gasteiger partial charge in [0.25, 0.3) is 0 Å². The molecule has 122 valence electrons. The van der Waals surface area contributed by atoms with Crippen LogP contribution < -0.4 is 0 Å². The molecule has 25 heavy (non-hydrogen) atoms. The summed E-state index contributed by atoms with van der Waals surface area (Å²) in [5.74, 6) is 0.125. The van der Waals surface area contributed by atoms with E-state index in [4.69, 9.17) is 0 Å². The molecule has 4 heteroatoms. The van der Waals surface area contributed by atoms with Gasteiger partial charge in [0.1, 0.15) is 11.2 Å². The molecule has 0 radical (unpaired) electrons. The summed E-state index contributed by atoms with van der Waals surface area (Å²) < 4.78 is 0. The molecule has 3 nitrogen and oxygen atoms in total. The van der Waals surface area contributed by atoms with Crippen LogP contribution in [0.1, 0.15) is 21.5 Å². The first-order valence-corrected chi connectivity index (χ1v) is 8.96. The SMILES string of the molecule is Cc1ccc(C(=O)Cc2cccc(-c3ncnc4sccc34)c2)cc1. The Bertz CT molecular complexity index is 1050. The van der Waals surface area contributed by atoms with E-state index in [-0.39, 0.29) is 5.78 Å². The minimum atomic E-state index is 0.125. The van der Waals surface area contributed by atoms with E-state index in [2.05, 4.69) is 9.97 Å². The van der Waals surface area contributed by atoms with Crippen molar-refractivity contribution < 1.29 is 4.79 Å². The fourth-order valence-corrected chi connectivity index (χ4v) is 3.61. The maximum atomic E-state index is 12.5. The zero-order valence-corrected chi connectivity index (χ0v) is 14.6. The van der Waals surface area contributed by atoms with Crippen LogP contribution in [0.2, 0.25) is 0 Å².